The molecule has 0 saturated heterocycles. The highest BCUT2D eigenvalue weighted by Gasteiger charge is 2.04. The predicted octanol–water partition coefficient (Wildman–Crippen LogP) is 3.81. The summed E-state index contributed by atoms with van der Waals surface area (Å²) in [5.41, 5.74) is 2.36. The van der Waals surface area contributed by atoms with Gasteiger partial charge in [0.15, 0.2) is 0 Å². The third-order valence-electron chi connectivity index (χ3n) is 2.72. The summed E-state index contributed by atoms with van der Waals surface area (Å²) in [5, 5.41) is 13.0. The Morgan fingerprint density at radius 3 is 2.44 bits per heavy atom. The van der Waals surface area contributed by atoms with Gasteiger partial charge in [0.25, 0.3) is 0 Å². The Morgan fingerprint density at radius 1 is 1.12 bits per heavy atom. The van der Waals surface area contributed by atoms with Crippen molar-refractivity contribution in [3.63, 3.8) is 0 Å². The number of hydrogen-bond donors (Lipinski definition) is 2. The summed E-state index contributed by atoms with van der Waals surface area (Å²) in [6.07, 6.45) is 1.03. The average Bonchev–Trinajstić information content (AvgIpc) is 2.29. The van der Waals surface area contributed by atoms with Gasteiger partial charge in [-0.25, -0.2) is 0 Å². The Labute approximate surface area is 95.8 Å². The van der Waals surface area contributed by atoms with Gasteiger partial charge in [-0.1, -0.05) is 37.3 Å². The molecule has 0 amide bonds. The third-order valence-corrected chi connectivity index (χ3v) is 2.72. The molecule has 2 heteroatoms. The van der Waals surface area contributed by atoms with E-state index >= 15 is 0 Å². The first kappa shape index (κ1) is 10.7. The van der Waals surface area contributed by atoms with E-state index in [1.165, 1.54) is 16.3 Å². The molecular weight excluding hydrogens is 196 g/mol. The van der Waals surface area contributed by atoms with Crippen LogP contribution in [0.1, 0.15) is 19.4 Å². The van der Waals surface area contributed by atoms with Crippen LogP contribution in [0.4, 0.5) is 5.69 Å². The number of hydrogen-bond acceptors (Lipinski definition) is 1. The van der Waals surface area contributed by atoms with Crippen LogP contribution < -0.4 is 5.32 Å². The Morgan fingerprint density at radius 2 is 1.81 bits per heavy atom. The lowest BCUT2D eigenvalue weighted by atomic mass is 10.0. The maximum Gasteiger partial charge on any atom is 0.0944 e. The van der Waals surface area contributed by atoms with Gasteiger partial charge in [-0.15, -0.1) is 0 Å². The molecule has 2 rings (SSSR count). The first-order chi connectivity index (χ1) is 7.72. The lowest BCUT2D eigenvalue weighted by Gasteiger charge is -2.11. The summed E-state index contributed by atoms with van der Waals surface area (Å²) in [4.78, 5) is 0. The van der Waals surface area contributed by atoms with Crippen molar-refractivity contribution in [1.82, 2.24) is 0 Å². The maximum absolute atomic E-state index is 7.49. The molecule has 0 aliphatic carbocycles. The Kier molecular flexibility index (Phi) is 2.91. The zero-order valence-corrected chi connectivity index (χ0v) is 9.67. The fourth-order valence-corrected chi connectivity index (χ4v) is 1.98. The summed E-state index contributed by atoms with van der Waals surface area (Å²) in [7, 11) is 0. The normalized spacial score (nSPS) is 10.4. The van der Waals surface area contributed by atoms with Crippen LogP contribution in [0.2, 0.25) is 0 Å². The summed E-state index contributed by atoms with van der Waals surface area (Å²) in [5.74, 6) is 0.467. The quantitative estimate of drug-likeness (QED) is 0.576. The molecular formula is C14H16N2. The number of amidine groups is 1. The van der Waals surface area contributed by atoms with Crippen molar-refractivity contribution in [2.75, 3.05) is 5.32 Å². The number of benzene rings is 2. The minimum absolute atomic E-state index is 0.467. The van der Waals surface area contributed by atoms with Crippen molar-refractivity contribution in [3.05, 3.63) is 42.0 Å². The van der Waals surface area contributed by atoms with Gasteiger partial charge in [-0.2, -0.15) is 0 Å². The molecule has 2 N–H and O–H groups in total. The molecule has 16 heavy (non-hydrogen) atoms. The van der Waals surface area contributed by atoms with Crippen LogP contribution >= 0.6 is 0 Å². The summed E-state index contributed by atoms with van der Waals surface area (Å²) in [6.45, 7) is 3.92. The minimum atomic E-state index is 0.467. The highest BCUT2D eigenvalue weighted by Crippen LogP contribution is 2.26. The Hall–Kier alpha value is -1.83. The molecule has 0 atom stereocenters. The molecule has 0 bridgehead atoms. The Balaban J connectivity index is 2.64. The number of rotatable bonds is 2. The van der Waals surface area contributed by atoms with E-state index in [1.54, 1.807) is 6.92 Å². The molecule has 0 saturated carbocycles. The number of anilines is 1. The smallest absolute Gasteiger partial charge is 0.0944 e. The molecule has 0 heterocycles. The zero-order chi connectivity index (χ0) is 11.5. The van der Waals surface area contributed by atoms with E-state index in [-0.39, 0.29) is 0 Å². The van der Waals surface area contributed by atoms with Gasteiger partial charge < -0.3 is 5.32 Å². The van der Waals surface area contributed by atoms with Crippen LogP contribution in [0.3, 0.4) is 0 Å². The van der Waals surface area contributed by atoms with E-state index in [1.807, 2.05) is 6.07 Å². The van der Waals surface area contributed by atoms with E-state index in [4.69, 9.17) is 5.41 Å². The largest absolute Gasteiger partial charge is 0.344 e. The number of fused-ring (bicyclic) bond motifs is 1. The molecule has 0 aromatic heterocycles. The van der Waals surface area contributed by atoms with Crippen molar-refractivity contribution in [3.8, 4) is 0 Å². The van der Waals surface area contributed by atoms with Gasteiger partial charge in [0.05, 0.1) is 5.84 Å². The van der Waals surface area contributed by atoms with Gasteiger partial charge in [-0.3, -0.25) is 5.41 Å². The van der Waals surface area contributed by atoms with E-state index < -0.39 is 0 Å². The molecule has 0 fully saturated rings. The molecule has 0 unspecified atom stereocenters. The summed E-state index contributed by atoms with van der Waals surface area (Å²) < 4.78 is 0. The summed E-state index contributed by atoms with van der Waals surface area (Å²) >= 11 is 0. The SMILES string of the molecule is CCc1ccc(NC(C)=N)c2ccccc12. The topological polar surface area (TPSA) is 35.9 Å². The standard InChI is InChI=1S/C14H16N2/c1-3-11-8-9-14(16-10(2)15)13-7-5-4-6-12(11)13/h4-9H,3H2,1-2H3,(H2,15,16). The van der Waals surface area contributed by atoms with E-state index in [0.717, 1.165) is 12.1 Å². The fourth-order valence-electron chi connectivity index (χ4n) is 1.98. The van der Waals surface area contributed by atoms with Crippen LogP contribution in [0.25, 0.3) is 10.8 Å². The van der Waals surface area contributed by atoms with Gasteiger partial charge in [0.1, 0.15) is 0 Å². The van der Waals surface area contributed by atoms with Crippen LogP contribution in [0.15, 0.2) is 36.4 Å². The zero-order valence-electron chi connectivity index (χ0n) is 9.67. The molecule has 2 nitrogen and oxygen atoms in total. The molecule has 2 aromatic carbocycles. The molecule has 0 aliphatic rings. The fraction of sp³-hybridized carbons (Fsp3) is 0.214. The predicted molar refractivity (Wildman–Crippen MR) is 70.3 cm³/mol. The van der Waals surface area contributed by atoms with E-state index in [0.29, 0.717) is 5.84 Å². The molecule has 0 spiro atoms. The second kappa shape index (κ2) is 4.35. The summed E-state index contributed by atoms with van der Waals surface area (Å²) in [6, 6.07) is 12.5. The van der Waals surface area contributed by atoms with E-state index in [9.17, 15) is 0 Å². The maximum atomic E-state index is 7.49. The second-order valence-corrected chi connectivity index (χ2v) is 3.92. The van der Waals surface area contributed by atoms with Gasteiger partial charge in [0.2, 0.25) is 0 Å². The number of nitrogens with one attached hydrogen (secondary N) is 2. The van der Waals surface area contributed by atoms with Crippen LogP contribution in [0, 0.1) is 5.41 Å². The Bertz CT molecular complexity index is 529. The van der Waals surface area contributed by atoms with Crippen LogP contribution in [0.5, 0.6) is 0 Å². The highest BCUT2D eigenvalue weighted by molar-refractivity contribution is 6.03. The lowest BCUT2D eigenvalue weighted by Crippen LogP contribution is -2.05. The lowest BCUT2D eigenvalue weighted by molar-refractivity contribution is 1.16. The molecule has 0 aliphatic heterocycles. The number of aryl methyl sites for hydroxylation is 1. The van der Waals surface area contributed by atoms with Crippen molar-refractivity contribution < 1.29 is 0 Å². The van der Waals surface area contributed by atoms with Gasteiger partial charge in [0, 0.05) is 11.1 Å². The van der Waals surface area contributed by atoms with Crippen molar-refractivity contribution >= 4 is 22.3 Å². The minimum Gasteiger partial charge on any atom is -0.344 e. The van der Waals surface area contributed by atoms with Crippen LogP contribution in [-0.2, 0) is 6.42 Å². The average molecular weight is 212 g/mol. The van der Waals surface area contributed by atoms with Crippen molar-refractivity contribution in [2.45, 2.75) is 20.3 Å². The van der Waals surface area contributed by atoms with Crippen molar-refractivity contribution in [1.29, 1.82) is 5.41 Å². The molecule has 2 aromatic rings. The van der Waals surface area contributed by atoms with E-state index in [2.05, 4.69) is 42.6 Å². The first-order valence-corrected chi connectivity index (χ1v) is 5.55. The monoisotopic (exact) mass is 212 g/mol. The van der Waals surface area contributed by atoms with Crippen LogP contribution in [-0.4, -0.2) is 5.84 Å². The first-order valence-electron chi connectivity index (χ1n) is 5.55. The molecule has 82 valence electrons. The van der Waals surface area contributed by atoms with Gasteiger partial charge >= 0.3 is 0 Å². The third kappa shape index (κ3) is 1.91. The second-order valence-electron chi connectivity index (χ2n) is 3.92. The van der Waals surface area contributed by atoms with Gasteiger partial charge in [-0.05, 0) is 30.4 Å². The molecule has 0 radical (unpaired) electrons. The highest BCUT2D eigenvalue weighted by atomic mass is 14.9. The van der Waals surface area contributed by atoms with Crippen molar-refractivity contribution in [2.24, 2.45) is 0 Å².